The molecule has 0 aromatic heterocycles. The van der Waals surface area contributed by atoms with Gasteiger partial charge in [0.1, 0.15) is 12.1 Å². The summed E-state index contributed by atoms with van der Waals surface area (Å²) in [6.45, 7) is 0.808. The average molecular weight is 676 g/mol. The minimum Gasteiger partial charge on any atom is -0.377 e. The lowest BCUT2D eigenvalue weighted by Gasteiger charge is -2.22. The van der Waals surface area contributed by atoms with Gasteiger partial charge in [0.15, 0.2) is 11.9 Å². The summed E-state index contributed by atoms with van der Waals surface area (Å²) in [5.74, 6) is -2.13. The van der Waals surface area contributed by atoms with Crippen molar-refractivity contribution >= 4 is 56.1 Å². The molecule has 0 saturated carbocycles. The number of amides is 3. The normalized spacial score (nSPS) is 12.5. The molecule has 0 aliphatic carbocycles. The number of unbranched alkanes of at least 4 members (excludes halogenated alkanes) is 2. The molecule has 260 valence electrons. The minimum absolute atomic E-state index is 0.106. The Morgan fingerprint density at radius 3 is 1.96 bits per heavy atom. The lowest BCUT2D eigenvalue weighted by Crippen LogP contribution is -2.53. The second-order valence-corrected chi connectivity index (χ2v) is 13.0. The Morgan fingerprint density at radius 1 is 0.766 bits per heavy atom. The summed E-state index contributed by atoms with van der Waals surface area (Å²) in [7, 11) is 0.0276. The molecule has 0 radical (unpaired) electrons. The molecule has 2 aromatic carbocycles. The van der Waals surface area contributed by atoms with Crippen LogP contribution in [-0.2, 0) is 24.4 Å². The van der Waals surface area contributed by atoms with Crippen molar-refractivity contribution in [2.45, 2.75) is 68.3 Å². The number of hydrogen-bond acceptors (Lipinski definition) is 8. The van der Waals surface area contributed by atoms with Crippen LogP contribution in [0.5, 0.6) is 0 Å². The fraction of sp³-hybridized carbons (Fsp3) is 0.500. The van der Waals surface area contributed by atoms with E-state index in [1.807, 2.05) is 37.2 Å². The van der Waals surface area contributed by atoms with Gasteiger partial charge in [0.25, 0.3) is 0 Å². The molecule has 17 heteroatoms. The Kier molecular flexibility index (Phi) is 15.7. The molecule has 16 nitrogen and oxygen atoms in total. The quantitative estimate of drug-likeness (QED) is 0.0470. The van der Waals surface area contributed by atoms with Crippen molar-refractivity contribution in [1.82, 2.24) is 26.0 Å². The highest BCUT2D eigenvalue weighted by molar-refractivity contribution is 7.89. The molecular formula is C30H49N11O5S. The van der Waals surface area contributed by atoms with Crippen LogP contribution in [0.2, 0.25) is 0 Å². The van der Waals surface area contributed by atoms with Gasteiger partial charge in [-0.05, 0) is 50.7 Å². The number of hydrogen-bond donors (Lipinski definition) is 10. The van der Waals surface area contributed by atoms with E-state index in [1.165, 1.54) is 0 Å². The highest BCUT2D eigenvalue weighted by Crippen LogP contribution is 2.30. The number of anilines is 1. The van der Waals surface area contributed by atoms with Gasteiger partial charge in [-0.1, -0.05) is 30.7 Å². The first kappa shape index (κ1) is 38.5. The first-order chi connectivity index (χ1) is 22.2. The lowest BCUT2D eigenvalue weighted by atomic mass is 10.1. The number of rotatable bonds is 21. The summed E-state index contributed by atoms with van der Waals surface area (Å²) in [5, 5.41) is 26.5. The molecule has 0 spiro atoms. The van der Waals surface area contributed by atoms with Crippen LogP contribution in [0.3, 0.4) is 0 Å². The third-order valence-electron chi connectivity index (χ3n) is 7.28. The Hall–Kier alpha value is -4.64. The number of benzene rings is 2. The SMILES string of the molecule is CN(C)c1cccc2c(S(=O)(=O)NCCCCCC(=O)N[C@H](CCCNC(=N)N)C(=O)N[C@H](CCCNC(=N)N)C(N)=O)cccc12. The van der Waals surface area contributed by atoms with Gasteiger partial charge in [-0.3, -0.25) is 25.2 Å². The van der Waals surface area contributed by atoms with Gasteiger partial charge >= 0.3 is 0 Å². The maximum Gasteiger partial charge on any atom is 0.243 e. The Balaban J connectivity index is 1.89. The number of guanidine groups is 2. The first-order valence-electron chi connectivity index (χ1n) is 15.5. The number of nitrogens with two attached hydrogens (primary N) is 3. The van der Waals surface area contributed by atoms with Crippen LogP contribution in [0.15, 0.2) is 41.3 Å². The van der Waals surface area contributed by atoms with Crippen molar-refractivity contribution in [2.75, 3.05) is 38.6 Å². The van der Waals surface area contributed by atoms with E-state index in [0.717, 1.165) is 11.1 Å². The summed E-state index contributed by atoms with van der Waals surface area (Å²) in [6.07, 6.45) is 2.84. The molecule has 0 aliphatic rings. The minimum atomic E-state index is -3.77. The van der Waals surface area contributed by atoms with E-state index < -0.39 is 33.9 Å². The summed E-state index contributed by atoms with van der Waals surface area (Å²) >= 11 is 0. The van der Waals surface area contributed by atoms with Crippen LogP contribution >= 0.6 is 0 Å². The highest BCUT2D eigenvalue weighted by atomic mass is 32.2. The van der Waals surface area contributed by atoms with Crippen LogP contribution in [0.25, 0.3) is 10.8 Å². The van der Waals surface area contributed by atoms with E-state index in [4.69, 9.17) is 28.0 Å². The maximum absolute atomic E-state index is 13.1. The van der Waals surface area contributed by atoms with Crippen LogP contribution in [0.4, 0.5) is 5.69 Å². The van der Waals surface area contributed by atoms with Crippen molar-refractivity contribution in [3.05, 3.63) is 36.4 Å². The molecule has 2 aromatic rings. The third kappa shape index (κ3) is 13.3. The predicted molar refractivity (Wildman–Crippen MR) is 183 cm³/mol. The first-order valence-corrected chi connectivity index (χ1v) is 16.9. The highest BCUT2D eigenvalue weighted by Gasteiger charge is 2.25. The van der Waals surface area contributed by atoms with Gasteiger partial charge < -0.3 is 43.4 Å². The smallest absolute Gasteiger partial charge is 0.243 e. The summed E-state index contributed by atoms with van der Waals surface area (Å²) in [6, 6.07) is 8.77. The van der Waals surface area contributed by atoms with Gasteiger partial charge in [-0.25, -0.2) is 13.1 Å². The van der Waals surface area contributed by atoms with Crippen molar-refractivity contribution < 1.29 is 22.8 Å². The second kappa shape index (κ2) is 19.1. The lowest BCUT2D eigenvalue weighted by molar-refractivity contribution is -0.131. The van der Waals surface area contributed by atoms with E-state index in [2.05, 4.69) is 26.0 Å². The average Bonchev–Trinajstić information content (AvgIpc) is 3.00. The molecule has 0 bridgehead atoms. The number of primary amides is 1. The molecule has 2 rings (SSSR count). The van der Waals surface area contributed by atoms with Crippen LogP contribution in [-0.4, -0.2) is 83.9 Å². The molecule has 0 heterocycles. The molecule has 0 aliphatic heterocycles. The second-order valence-electron chi connectivity index (χ2n) is 11.3. The van der Waals surface area contributed by atoms with Crippen molar-refractivity contribution in [3.8, 4) is 0 Å². The topological polar surface area (TPSA) is 274 Å². The van der Waals surface area contributed by atoms with Gasteiger partial charge in [0.2, 0.25) is 27.7 Å². The molecule has 0 fully saturated rings. The zero-order valence-corrected chi connectivity index (χ0v) is 27.8. The van der Waals surface area contributed by atoms with Gasteiger partial charge in [0, 0.05) is 56.6 Å². The number of sulfonamides is 1. The van der Waals surface area contributed by atoms with Crippen molar-refractivity contribution in [3.63, 3.8) is 0 Å². The monoisotopic (exact) mass is 675 g/mol. The van der Waals surface area contributed by atoms with Gasteiger partial charge in [0.05, 0.1) is 4.90 Å². The van der Waals surface area contributed by atoms with Crippen molar-refractivity contribution in [1.29, 1.82) is 10.8 Å². The molecule has 0 saturated heterocycles. The fourth-order valence-electron chi connectivity index (χ4n) is 4.91. The molecule has 13 N–H and O–H groups in total. The number of carbonyl (C=O) groups is 3. The van der Waals surface area contributed by atoms with Gasteiger partial charge in [-0.15, -0.1) is 0 Å². The van der Waals surface area contributed by atoms with E-state index >= 15 is 0 Å². The Morgan fingerprint density at radius 2 is 1.36 bits per heavy atom. The van der Waals surface area contributed by atoms with E-state index in [1.54, 1.807) is 18.2 Å². The standard InChI is InChI=1S/C30H49N11O5S/c1-41(2)24-14-6-11-21-20(24)10-7-15-25(21)47(45,46)38-19-5-3-4-16-26(42)39-23(13-9-18-37-30(34)35)28(44)40-22(27(31)43)12-8-17-36-29(32)33/h6-7,10-11,14-15,22-23,38H,3-5,8-9,12-13,16-19H2,1-2H3,(H2,31,43)(H,39,42)(H,40,44)(H4,32,33,36)(H4,34,35,37)/t22-,23-/m1/s1. The van der Waals surface area contributed by atoms with E-state index in [-0.39, 0.29) is 48.5 Å². The fourth-order valence-corrected chi connectivity index (χ4v) is 6.21. The van der Waals surface area contributed by atoms with Crippen LogP contribution < -0.4 is 48.1 Å². The van der Waals surface area contributed by atoms with E-state index in [9.17, 15) is 22.8 Å². The zero-order valence-electron chi connectivity index (χ0n) is 27.0. The summed E-state index contributed by atoms with van der Waals surface area (Å²) < 4.78 is 28.9. The number of fused-ring (bicyclic) bond motifs is 1. The van der Waals surface area contributed by atoms with Gasteiger partial charge in [-0.2, -0.15) is 0 Å². The number of nitrogens with one attached hydrogen (secondary N) is 7. The van der Waals surface area contributed by atoms with Crippen LogP contribution in [0, 0.1) is 10.8 Å². The number of nitrogens with zero attached hydrogens (tertiary/aromatic N) is 1. The summed E-state index contributed by atoms with van der Waals surface area (Å²) in [5.41, 5.74) is 16.9. The van der Waals surface area contributed by atoms with E-state index in [0.29, 0.717) is 50.6 Å². The zero-order chi connectivity index (χ0) is 35.0. The molecule has 2 atom stereocenters. The molecule has 47 heavy (non-hydrogen) atoms. The molecular weight excluding hydrogens is 626 g/mol. The van der Waals surface area contributed by atoms with Crippen molar-refractivity contribution in [2.24, 2.45) is 17.2 Å². The summed E-state index contributed by atoms with van der Waals surface area (Å²) in [4.78, 5) is 39.9. The Bertz CT molecular complexity index is 1500. The largest absolute Gasteiger partial charge is 0.377 e. The molecule has 3 amide bonds. The third-order valence-corrected chi connectivity index (χ3v) is 8.80. The maximum atomic E-state index is 13.1. The van der Waals surface area contributed by atoms with Crippen LogP contribution in [0.1, 0.15) is 51.4 Å². The predicted octanol–water partition coefficient (Wildman–Crippen LogP) is -0.274. The Labute approximate surface area is 276 Å². The molecule has 0 unspecified atom stereocenters. The number of carbonyl (C=O) groups excluding carboxylic acids is 3.